The third-order valence-electron chi connectivity index (χ3n) is 1.62. The fourth-order valence-corrected chi connectivity index (χ4v) is 2.56. The fourth-order valence-electron chi connectivity index (χ4n) is 0.912. The molecule has 2 heterocycles. The molecule has 0 amide bonds. The van der Waals surface area contributed by atoms with Crippen molar-refractivity contribution in [3.63, 3.8) is 0 Å². The van der Waals surface area contributed by atoms with Crippen LogP contribution in [0.5, 0.6) is 0 Å². The maximum absolute atomic E-state index is 10.5. The van der Waals surface area contributed by atoms with E-state index in [1.165, 1.54) is 21.6 Å². The van der Waals surface area contributed by atoms with Gasteiger partial charge in [-0.1, -0.05) is 23.5 Å². The molecule has 0 N–H and O–H groups in total. The minimum absolute atomic E-state index is 0.0417. The molecule has 0 radical (unpaired) electrons. The summed E-state index contributed by atoms with van der Waals surface area (Å²) in [5.74, 6) is 1.02. The van der Waals surface area contributed by atoms with E-state index in [0.717, 1.165) is 0 Å². The summed E-state index contributed by atoms with van der Waals surface area (Å²) in [7, 11) is 3.61. The van der Waals surface area contributed by atoms with Crippen molar-refractivity contribution >= 4 is 40.9 Å². The molecule has 84 valence electrons. The zero-order valence-electron chi connectivity index (χ0n) is 8.40. The lowest BCUT2D eigenvalue weighted by Gasteiger charge is -1.98. The lowest BCUT2D eigenvalue weighted by molar-refractivity contribution is -0.115. The molecular formula is C8H11ClN2O2S2. The van der Waals surface area contributed by atoms with Gasteiger partial charge in [0.2, 0.25) is 0 Å². The Balaban J connectivity index is 0.000000151. The molecule has 1 aromatic heterocycles. The van der Waals surface area contributed by atoms with Crippen molar-refractivity contribution in [3.05, 3.63) is 20.8 Å². The number of hydrogen-bond donors (Lipinski definition) is 0. The molecule has 1 fully saturated rings. The fraction of sp³-hybridized carbons (Fsp3) is 0.500. The van der Waals surface area contributed by atoms with Gasteiger partial charge in [0.1, 0.15) is 4.34 Å². The molecule has 4 nitrogen and oxygen atoms in total. The first-order valence-electron chi connectivity index (χ1n) is 4.17. The van der Waals surface area contributed by atoms with Gasteiger partial charge < -0.3 is 0 Å². The second kappa shape index (κ2) is 5.69. The molecule has 1 aromatic rings. The summed E-state index contributed by atoms with van der Waals surface area (Å²) in [5, 5.41) is 0. The average Bonchev–Trinajstić information content (AvgIpc) is 2.61. The van der Waals surface area contributed by atoms with Crippen molar-refractivity contribution in [1.29, 1.82) is 0 Å². The summed E-state index contributed by atoms with van der Waals surface area (Å²) in [4.78, 5) is 20.9. The number of aromatic nitrogens is 1. The Bertz CT molecular complexity index is 402. The van der Waals surface area contributed by atoms with E-state index < -0.39 is 0 Å². The number of likely N-dealkylation sites (N-methyl/N-ethyl adjacent to an activating group) is 1. The predicted octanol–water partition coefficient (Wildman–Crippen LogP) is 1.25. The summed E-state index contributed by atoms with van der Waals surface area (Å²) in [5.41, 5.74) is -0.0417. The van der Waals surface area contributed by atoms with E-state index in [0.29, 0.717) is 22.4 Å². The van der Waals surface area contributed by atoms with Gasteiger partial charge in [0.15, 0.2) is 5.78 Å². The minimum atomic E-state index is -0.0417. The number of nitrogens with zero attached hydrogens (tertiary/aromatic N) is 2. The number of ketones is 1. The van der Waals surface area contributed by atoms with Crippen LogP contribution >= 0.6 is 35.1 Å². The highest BCUT2D eigenvalue weighted by Crippen LogP contribution is 2.13. The number of carbonyl (C=O) groups is 1. The van der Waals surface area contributed by atoms with E-state index in [-0.39, 0.29) is 5.56 Å². The van der Waals surface area contributed by atoms with Crippen LogP contribution in [0.2, 0.25) is 4.34 Å². The molecule has 0 atom stereocenters. The highest BCUT2D eigenvalue weighted by molar-refractivity contribution is 7.98. The molecular weight excluding hydrogens is 256 g/mol. The average molecular weight is 267 g/mol. The zero-order valence-corrected chi connectivity index (χ0v) is 10.8. The van der Waals surface area contributed by atoms with Gasteiger partial charge in [-0.2, -0.15) is 0 Å². The normalized spacial score (nSPS) is 16.3. The Morgan fingerprint density at radius 3 is 2.20 bits per heavy atom. The van der Waals surface area contributed by atoms with Crippen LogP contribution in [0.4, 0.5) is 0 Å². The van der Waals surface area contributed by atoms with Gasteiger partial charge in [0.05, 0.1) is 12.3 Å². The first-order valence-corrected chi connectivity index (χ1v) is 6.27. The minimum Gasteiger partial charge on any atom is -0.297 e. The van der Waals surface area contributed by atoms with Gasteiger partial charge in [-0.05, 0) is 18.6 Å². The van der Waals surface area contributed by atoms with E-state index >= 15 is 0 Å². The topological polar surface area (TPSA) is 42.3 Å². The molecule has 1 saturated heterocycles. The highest BCUT2D eigenvalue weighted by atomic mass is 35.5. The number of carbonyl (C=O) groups excluding carboxylic acids is 1. The lowest BCUT2D eigenvalue weighted by Crippen LogP contribution is -2.08. The van der Waals surface area contributed by atoms with E-state index in [1.807, 2.05) is 11.4 Å². The molecule has 0 saturated carbocycles. The van der Waals surface area contributed by atoms with Crippen molar-refractivity contribution in [2.75, 3.05) is 19.3 Å². The molecule has 0 spiro atoms. The SMILES string of the molecule is CN1CC(=O)CS1.Cn1sc(Cl)cc1=O. The molecule has 2 rings (SSSR count). The standard InChI is InChI=1S/C4H4ClNOS.C4H7NOS/c1-6-4(7)2-3(5)8-6;1-5-2-4(6)3-7-5/h2H,1H3;2-3H2,1H3. The second-order valence-electron chi connectivity index (χ2n) is 2.97. The summed E-state index contributed by atoms with van der Waals surface area (Å²) in [6, 6.07) is 1.40. The van der Waals surface area contributed by atoms with Crippen molar-refractivity contribution in [3.8, 4) is 0 Å². The number of hydrogen-bond acceptors (Lipinski definition) is 5. The van der Waals surface area contributed by atoms with Gasteiger partial charge in [0, 0.05) is 13.1 Å². The Morgan fingerprint density at radius 1 is 1.40 bits per heavy atom. The Hall–Kier alpha value is -0.300. The molecule has 1 aliphatic rings. The summed E-state index contributed by atoms with van der Waals surface area (Å²) < 4.78 is 3.96. The van der Waals surface area contributed by atoms with E-state index in [2.05, 4.69) is 0 Å². The zero-order chi connectivity index (χ0) is 11.4. The third kappa shape index (κ3) is 4.38. The quantitative estimate of drug-likeness (QED) is 0.663. The number of aryl methyl sites for hydroxylation is 1. The van der Waals surface area contributed by atoms with Crippen LogP contribution < -0.4 is 5.56 Å². The van der Waals surface area contributed by atoms with E-state index in [4.69, 9.17) is 11.6 Å². The molecule has 15 heavy (non-hydrogen) atoms. The number of rotatable bonds is 0. The first-order chi connectivity index (χ1) is 6.99. The molecule has 0 unspecified atom stereocenters. The number of halogens is 1. The van der Waals surface area contributed by atoms with Gasteiger partial charge in [0.25, 0.3) is 5.56 Å². The maximum Gasteiger partial charge on any atom is 0.261 e. The molecule has 7 heteroatoms. The number of Topliss-reactive ketones (excluding diaryl/α,β-unsaturated/α-hetero) is 1. The maximum atomic E-state index is 10.5. The Kier molecular flexibility index (Phi) is 4.85. The van der Waals surface area contributed by atoms with Crippen molar-refractivity contribution < 1.29 is 4.79 Å². The van der Waals surface area contributed by atoms with Crippen LogP contribution in [-0.2, 0) is 11.8 Å². The Morgan fingerprint density at radius 2 is 2.07 bits per heavy atom. The van der Waals surface area contributed by atoms with Gasteiger partial charge in [-0.25, -0.2) is 4.31 Å². The van der Waals surface area contributed by atoms with Crippen LogP contribution in [0, 0.1) is 0 Å². The predicted molar refractivity (Wildman–Crippen MR) is 64.7 cm³/mol. The first kappa shape index (κ1) is 12.8. The molecule has 0 bridgehead atoms. The van der Waals surface area contributed by atoms with Crippen LogP contribution in [0.3, 0.4) is 0 Å². The van der Waals surface area contributed by atoms with E-state index in [9.17, 15) is 9.59 Å². The summed E-state index contributed by atoms with van der Waals surface area (Å²) in [6.07, 6.45) is 0. The van der Waals surface area contributed by atoms with Gasteiger partial charge >= 0.3 is 0 Å². The largest absolute Gasteiger partial charge is 0.297 e. The van der Waals surface area contributed by atoms with Crippen LogP contribution in [0.25, 0.3) is 0 Å². The van der Waals surface area contributed by atoms with Gasteiger partial charge in [-0.15, -0.1) is 0 Å². The van der Waals surface area contributed by atoms with Crippen molar-refractivity contribution in [2.24, 2.45) is 7.05 Å². The van der Waals surface area contributed by atoms with Gasteiger partial charge in [-0.3, -0.25) is 13.5 Å². The van der Waals surface area contributed by atoms with Crippen LogP contribution in [0.15, 0.2) is 10.9 Å². The second-order valence-corrected chi connectivity index (χ2v) is 5.95. The lowest BCUT2D eigenvalue weighted by atomic mass is 10.5. The van der Waals surface area contributed by atoms with Crippen LogP contribution in [0.1, 0.15) is 0 Å². The third-order valence-corrected chi connectivity index (χ3v) is 3.70. The molecule has 1 aliphatic heterocycles. The highest BCUT2D eigenvalue weighted by Gasteiger charge is 2.14. The smallest absolute Gasteiger partial charge is 0.261 e. The van der Waals surface area contributed by atoms with E-state index in [1.54, 1.807) is 19.0 Å². The van der Waals surface area contributed by atoms with Crippen molar-refractivity contribution in [2.45, 2.75) is 0 Å². The Labute approximate surface area is 101 Å². The molecule has 0 aliphatic carbocycles. The monoisotopic (exact) mass is 266 g/mol. The summed E-state index contributed by atoms with van der Waals surface area (Å²) >= 11 is 8.29. The van der Waals surface area contributed by atoms with Crippen LogP contribution in [-0.4, -0.2) is 33.4 Å². The molecule has 0 aromatic carbocycles. The van der Waals surface area contributed by atoms with Crippen molar-refractivity contribution in [1.82, 2.24) is 8.26 Å². The summed E-state index contributed by atoms with van der Waals surface area (Å²) in [6.45, 7) is 0.630.